The number of carbonyl (C=O) groups is 1. The first kappa shape index (κ1) is 33.6. The van der Waals surface area contributed by atoms with E-state index in [4.69, 9.17) is 44.3 Å². The van der Waals surface area contributed by atoms with E-state index in [-0.39, 0.29) is 37.6 Å². The maximum Gasteiger partial charge on any atom is 0.263 e. The highest BCUT2D eigenvalue weighted by molar-refractivity contribution is 7.93. The summed E-state index contributed by atoms with van der Waals surface area (Å²) >= 11 is 18.6. The van der Waals surface area contributed by atoms with Crippen LogP contribution in [0.5, 0.6) is 5.75 Å². The minimum Gasteiger partial charge on any atom is -0.495 e. The molecular formula is C30H27Cl3N4O7S2. The minimum atomic E-state index is -4.29. The average Bonchev–Trinajstić information content (AvgIpc) is 3.01. The molecule has 1 aliphatic heterocycles. The third-order valence-electron chi connectivity index (χ3n) is 6.86. The van der Waals surface area contributed by atoms with Gasteiger partial charge in [0.05, 0.1) is 63.6 Å². The molecular weight excluding hydrogens is 699 g/mol. The van der Waals surface area contributed by atoms with Crippen molar-refractivity contribution in [2.24, 2.45) is 0 Å². The van der Waals surface area contributed by atoms with Crippen molar-refractivity contribution in [2.75, 3.05) is 53.1 Å². The van der Waals surface area contributed by atoms with Crippen LogP contribution in [-0.4, -0.2) is 56.2 Å². The second kappa shape index (κ2) is 14.0. The Labute approximate surface area is 281 Å². The Morgan fingerprint density at radius 1 is 0.804 bits per heavy atom. The molecule has 1 fully saturated rings. The van der Waals surface area contributed by atoms with Crippen LogP contribution in [0.3, 0.4) is 0 Å². The van der Waals surface area contributed by atoms with E-state index >= 15 is 0 Å². The molecule has 1 amide bonds. The predicted molar refractivity (Wildman–Crippen MR) is 180 cm³/mol. The molecule has 3 N–H and O–H groups in total. The molecule has 1 aliphatic rings. The van der Waals surface area contributed by atoms with Crippen molar-refractivity contribution in [3.8, 4) is 5.75 Å². The first-order valence-electron chi connectivity index (χ1n) is 13.6. The molecule has 46 heavy (non-hydrogen) atoms. The van der Waals surface area contributed by atoms with E-state index in [0.29, 0.717) is 42.8 Å². The lowest BCUT2D eigenvalue weighted by Crippen LogP contribution is -2.36. The van der Waals surface area contributed by atoms with Gasteiger partial charge in [-0.3, -0.25) is 14.2 Å². The second-order valence-electron chi connectivity index (χ2n) is 9.92. The highest BCUT2D eigenvalue weighted by Crippen LogP contribution is 2.35. The number of hydrogen-bond acceptors (Lipinski definition) is 8. The number of methoxy groups -OCH3 is 1. The number of rotatable bonds is 10. The Hall–Kier alpha value is -3.72. The molecule has 0 spiro atoms. The smallest absolute Gasteiger partial charge is 0.263 e. The number of halogens is 3. The lowest BCUT2D eigenvalue weighted by atomic mass is 10.2. The molecule has 1 heterocycles. The van der Waals surface area contributed by atoms with Gasteiger partial charge >= 0.3 is 0 Å². The van der Waals surface area contributed by atoms with E-state index in [1.807, 2.05) is 4.90 Å². The summed E-state index contributed by atoms with van der Waals surface area (Å²) in [5.74, 6) is -0.486. The summed E-state index contributed by atoms with van der Waals surface area (Å²) in [6, 6.07) is 19.1. The molecule has 0 saturated carbocycles. The number of sulfonamides is 2. The number of para-hydroxylation sites is 2. The number of carbonyl (C=O) groups excluding carboxylic acids is 1. The zero-order valence-electron chi connectivity index (χ0n) is 24.1. The molecule has 0 radical (unpaired) electrons. The maximum absolute atomic E-state index is 13.7. The zero-order chi connectivity index (χ0) is 33.1. The fourth-order valence-corrected chi connectivity index (χ4v) is 7.85. The van der Waals surface area contributed by atoms with Crippen LogP contribution in [0.2, 0.25) is 15.1 Å². The minimum absolute atomic E-state index is 0.126. The molecule has 0 aromatic heterocycles. The number of nitrogens with zero attached hydrogens (tertiary/aromatic N) is 1. The molecule has 242 valence electrons. The van der Waals surface area contributed by atoms with Crippen molar-refractivity contribution in [3.05, 3.63) is 99.5 Å². The molecule has 0 bridgehead atoms. The lowest BCUT2D eigenvalue weighted by Gasteiger charge is -2.31. The van der Waals surface area contributed by atoms with E-state index < -0.39 is 30.8 Å². The van der Waals surface area contributed by atoms with Crippen molar-refractivity contribution in [1.82, 2.24) is 0 Å². The lowest BCUT2D eigenvalue weighted by molar-refractivity contribution is 0.102. The van der Waals surface area contributed by atoms with Gasteiger partial charge in [-0.1, -0.05) is 53.0 Å². The number of hydrogen-bond donors (Lipinski definition) is 3. The summed E-state index contributed by atoms with van der Waals surface area (Å²) in [6.07, 6.45) is 0. The number of amides is 1. The van der Waals surface area contributed by atoms with E-state index in [0.717, 1.165) is 12.1 Å². The van der Waals surface area contributed by atoms with Gasteiger partial charge < -0.3 is 19.7 Å². The molecule has 16 heteroatoms. The molecule has 0 aliphatic carbocycles. The van der Waals surface area contributed by atoms with Gasteiger partial charge in [-0.15, -0.1) is 0 Å². The molecule has 5 rings (SSSR count). The van der Waals surface area contributed by atoms with Gasteiger partial charge in [-0.05, 0) is 60.7 Å². The zero-order valence-corrected chi connectivity index (χ0v) is 28.0. The van der Waals surface area contributed by atoms with Crippen molar-refractivity contribution >= 4 is 83.5 Å². The van der Waals surface area contributed by atoms with Crippen LogP contribution in [0.4, 0.5) is 22.7 Å². The second-order valence-corrected chi connectivity index (χ2v) is 14.5. The molecule has 4 aromatic rings. The largest absolute Gasteiger partial charge is 0.495 e. The van der Waals surface area contributed by atoms with E-state index in [1.165, 1.54) is 31.4 Å². The molecule has 1 saturated heterocycles. The van der Waals surface area contributed by atoms with E-state index in [9.17, 15) is 21.6 Å². The normalized spacial score (nSPS) is 13.6. The van der Waals surface area contributed by atoms with Gasteiger partial charge in [0.25, 0.3) is 26.0 Å². The quantitative estimate of drug-likeness (QED) is 0.172. The molecule has 0 atom stereocenters. The van der Waals surface area contributed by atoms with Crippen LogP contribution in [0.15, 0.2) is 88.7 Å². The molecule has 4 aromatic carbocycles. The number of benzene rings is 4. The van der Waals surface area contributed by atoms with Gasteiger partial charge in [0.15, 0.2) is 0 Å². The van der Waals surface area contributed by atoms with Gasteiger partial charge in [0.2, 0.25) is 0 Å². The van der Waals surface area contributed by atoms with E-state index in [1.54, 1.807) is 42.5 Å². The summed E-state index contributed by atoms with van der Waals surface area (Å²) in [5.41, 5.74) is 0.849. The fraction of sp³-hybridized carbons (Fsp3) is 0.167. The van der Waals surface area contributed by atoms with Gasteiger partial charge in [0.1, 0.15) is 10.6 Å². The predicted octanol–water partition coefficient (Wildman–Crippen LogP) is 6.35. The molecule has 0 unspecified atom stereocenters. The third kappa shape index (κ3) is 7.63. The van der Waals surface area contributed by atoms with Crippen LogP contribution in [-0.2, 0) is 24.8 Å². The maximum atomic E-state index is 13.7. The summed E-state index contributed by atoms with van der Waals surface area (Å²) in [7, 11) is -7.03. The van der Waals surface area contributed by atoms with Crippen molar-refractivity contribution in [2.45, 2.75) is 9.79 Å². The van der Waals surface area contributed by atoms with Crippen LogP contribution in [0.1, 0.15) is 10.4 Å². The summed E-state index contributed by atoms with van der Waals surface area (Å²) in [6.45, 7) is 1.81. The Bertz CT molecular complexity index is 2010. The number of ether oxygens (including phenoxy) is 2. The average molecular weight is 726 g/mol. The number of morpholine rings is 1. The van der Waals surface area contributed by atoms with Crippen LogP contribution in [0, 0.1) is 0 Å². The highest BCUT2D eigenvalue weighted by atomic mass is 35.5. The fourth-order valence-electron chi connectivity index (χ4n) is 4.66. The molecule has 11 nitrogen and oxygen atoms in total. The van der Waals surface area contributed by atoms with Crippen molar-refractivity contribution < 1.29 is 31.1 Å². The van der Waals surface area contributed by atoms with E-state index in [2.05, 4.69) is 14.8 Å². The Kier molecular flexibility index (Phi) is 10.2. The standard InChI is InChI=1S/C30H27Cl3N4O7S2/c1-43-28-8-3-2-7-25(28)36-45(39,40)21-9-10-27(37-11-13-44-14-12-37)26(16-21)34-30(38)22-17-29(24(33)18-23(22)32)46(41,42)35-20-6-4-5-19(31)15-20/h2-10,15-18,35-36H,11-14H2,1H3,(H,34,38). The van der Waals surface area contributed by atoms with Gasteiger partial charge in [-0.2, -0.15) is 0 Å². The Balaban J connectivity index is 1.50. The Morgan fingerprint density at radius 2 is 1.54 bits per heavy atom. The van der Waals surface area contributed by atoms with Crippen LogP contribution >= 0.6 is 34.8 Å². The third-order valence-corrected chi connectivity index (χ3v) is 10.6. The SMILES string of the molecule is COc1ccccc1NS(=O)(=O)c1ccc(N2CCOCC2)c(NC(=O)c2cc(S(=O)(=O)Nc3cccc(Cl)c3)c(Cl)cc2Cl)c1. The first-order valence-corrected chi connectivity index (χ1v) is 17.7. The highest BCUT2D eigenvalue weighted by Gasteiger charge is 2.26. The van der Waals surface area contributed by atoms with Crippen LogP contribution < -0.4 is 24.4 Å². The first-order chi connectivity index (χ1) is 21.9. The van der Waals surface area contributed by atoms with Crippen LogP contribution in [0.25, 0.3) is 0 Å². The number of nitrogens with one attached hydrogen (secondary N) is 3. The Morgan fingerprint density at radius 3 is 2.26 bits per heavy atom. The summed E-state index contributed by atoms with van der Waals surface area (Å²) < 4.78 is 69.1. The summed E-state index contributed by atoms with van der Waals surface area (Å²) in [5, 5.41) is 2.68. The number of anilines is 4. The van der Waals surface area contributed by atoms with Gasteiger partial charge in [0, 0.05) is 18.1 Å². The van der Waals surface area contributed by atoms with Crippen molar-refractivity contribution in [3.63, 3.8) is 0 Å². The monoisotopic (exact) mass is 724 g/mol. The topological polar surface area (TPSA) is 143 Å². The summed E-state index contributed by atoms with van der Waals surface area (Å²) in [4.78, 5) is 15.1. The van der Waals surface area contributed by atoms with Crippen molar-refractivity contribution in [1.29, 1.82) is 0 Å². The van der Waals surface area contributed by atoms with Gasteiger partial charge in [-0.25, -0.2) is 16.8 Å².